The first-order valence-corrected chi connectivity index (χ1v) is 8.63. The van der Waals surface area contributed by atoms with E-state index in [2.05, 4.69) is 6.92 Å². The number of carbonyl (C=O) groups is 2. The van der Waals surface area contributed by atoms with Gasteiger partial charge >= 0.3 is 6.09 Å². The third-order valence-corrected chi connectivity index (χ3v) is 4.99. The summed E-state index contributed by atoms with van der Waals surface area (Å²) in [4.78, 5) is 29.5. The van der Waals surface area contributed by atoms with Crippen molar-refractivity contribution in [2.24, 2.45) is 5.92 Å². The molecule has 3 rings (SSSR count). The molecule has 1 aromatic carbocycles. The van der Waals surface area contributed by atoms with Gasteiger partial charge in [0.15, 0.2) is 0 Å². The van der Waals surface area contributed by atoms with Crippen molar-refractivity contribution < 1.29 is 14.3 Å². The Balaban J connectivity index is 1.91. The summed E-state index contributed by atoms with van der Waals surface area (Å²) in [6.07, 6.45) is 1.16. The quantitative estimate of drug-likeness (QED) is 0.792. The molecule has 24 heavy (non-hydrogen) atoms. The number of hydrogen-bond acceptors (Lipinski definition) is 3. The number of rotatable bonds is 1. The minimum absolute atomic E-state index is 0.0181. The number of para-hydroxylation sites is 1. The molecule has 5 nitrogen and oxygen atoms in total. The number of ether oxygens (including phenoxy) is 1. The smallest absolute Gasteiger partial charge is 0.411 e. The number of hydrogen-bond donors (Lipinski definition) is 0. The highest BCUT2D eigenvalue weighted by atomic mass is 16.6. The van der Waals surface area contributed by atoms with Crippen molar-refractivity contribution in [2.75, 3.05) is 18.0 Å². The van der Waals surface area contributed by atoms with E-state index in [1.807, 2.05) is 56.0 Å². The Labute approximate surface area is 143 Å². The molecule has 2 fully saturated rings. The largest absolute Gasteiger partial charge is 0.444 e. The van der Waals surface area contributed by atoms with Crippen LogP contribution in [0.3, 0.4) is 0 Å². The van der Waals surface area contributed by atoms with Crippen LogP contribution in [0.25, 0.3) is 0 Å². The number of amides is 2. The van der Waals surface area contributed by atoms with Gasteiger partial charge in [-0.3, -0.25) is 9.69 Å². The molecule has 2 aliphatic rings. The Morgan fingerprint density at radius 1 is 1.25 bits per heavy atom. The fourth-order valence-corrected chi connectivity index (χ4v) is 3.93. The molecule has 2 amide bonds. The third kappa shape index (κ3) is 2.66. The van der Waals surface area contributed by atoms with Gasteiger partial charge in [-0.2, -0.15) is 0 Å². The molecule has 1 aromatic rings. The van der Waals surface area contributed by atoms with Crippen molar-refractivity contribution >= 4 is 17.7 Å². The minimum atomic E-state index is -0.766. The lowest BCUT2D eigenvalue weighted by atomic mass is 9.85. The molecular formula is C19H26N2O3. The van der Waals surface area contributed by atoms with Gasteiger partial charge in [-0.15, -0.1) is 0 Å². The van der Waals surface area contributed by atoms with E-state index < -0.39 is 11.1 Å². The summed E-state index contributed by atoms with van der Waals surface area (Å²) in [7, 11) is 0. The molecule has 0 radical (unpaired) electrons. The van der Waals surface area contributed by atoms with Gasteiger partial charge in [0.25, 0.3) is 5.91 Å². The van der Waals surface area contributed by atoms with Crippen molar-refractivity contribution in [1.29, 1.82) is 0 Å². The fourth-order valence-electron chi connectivity index (χ4n) is 3.93. The van der Waals surface area contributed by atoms with Gasteiger partial charge in [0.05, 0.1) is 0 Å². The molecule has 5 heteroatoms. The van der Waals surface area contributed by atoms with Crippen LogP contribution in [0.15, 0.2) is 30.3 Å². The van der Waals surface area contributed by atoms with E-state index in [0.717, 1.165) is 12.1 Å². The molecule has 0 N–H and O–H groups in total. The zero-order valence-corrected chi connectivity index (χ0v) is 14.9. The van der Waals surface area contributed by atoms with Gasteiger partial charge in [0, 0.05) is 24.7 Å². The van der Waals surface area contributed by atoms with Gasteiger partial charge in [0.1, 0.15) is 11.1 Å². The van der Waals surface area contributed by atoms with E-state index in [1.54, 1.807) is 4.90 Å². The Morgan fingerprint density at radius 3 is 2.54 bits per heavy atom. The predicted octanol–water partition coefficient (Wildman–Crippen LogP) is 3.44. The van der Waals surface area contributed by atoms with Crippen molar-refractivity contribution in [3.05, 3.63) is 30.3 Å². The van der Waals surface area contributed by atoms with E-state index in [0.29, 0.717) is 19.5 Å². The number of likely N-dealkylation sites (tertiary alicyclic amines) is 1. The predicted molar refractivity (Wildman–Crippen MR) is 92.9 cm³/mol. The summed E-state index contributed by atoms with van der Waals surface area (Å²) in [6.45, 7) is 8.82. The van der Waals surface area contributed by atoms with Crippen molar-refractivity contribution in [3.8, 4) is 0 Å². The number of carbonyl (C=O) groups excluding carboxylic acids is 2. The first-order valence-electron chi connectivity index (χ1n) is 8.63. The normalized spacial score (nSPS) is 27.2. The first kappa shape index (κ1) is 16.8. The summed E-state index contributed by atoms with van der Waals surface area (Å²) >= 11 is 0. The third-order valence-electron chi connectivity index (χ3n) is 4.99. The summed E-state index contributed by atoms with van der Waals surface area (Å²) in [5, 5.41) is 0. The minimum Gasteiger partial charge on any atom is -0.444 e. The van der Waals surface area contributed by atoms with E-state index in [-0.39, 0.29) is 17.9 Å². The van der Waals surface area contributed by atoms with Gasteiger partial charge < -0.3 is 9.64 Å². The Kier molecular flexibility index (Phi) is 4.06. The molecule has 0 aliphatic carbocycles. The van der Waals surface area contributed by atoms with Crippen LogP contribution in [0.5, 0.6) is 0 Å². The standard InChI is InChI=1S/C19H26N2O3/c1-14-13-20(15-9-6-5-7-10-15)16(22)19(14)11-8-12-21(19)17(23)24-18(2,3)4/h5-7,9-10,14H,8,11-13H2,1-4H3/t14?,19-/m0/s1. The van der Waals surface area contributed by atoms with E-state index in [1.165, 1.54) is 0 Å². The maximum Gasteiger partial charge on any atom is 0.411 e. The molecule has 2 atom stereocenters. The van der Waals surface area contributed by atoms with E-state index in [4.69, 9.17) is 4.74 Å². The molecule has 0 saturated carbocycles. The highest BCUT2D eigenvalue weighted by Gasteiger charge is 2.60. The second-order valence-corrected chi connectivity index (χ2v) is 7.81. The van der Waals surface area contributed by atoms with Crippen molar-refractivity contribution in [3.63, 3.8) is 0 Å². The second kappa shape index (κ2) is 5.80. The molecule has 0 aromatic heterocycles. The highest BCUT2D eigenvalue weighted by Crippen LogP contribution is 2.44. The average molecular weight is 330 g/mol. The van der Waals surface area contributed by atoms with Gasteiger partial charge in [-0.05, 0) is 45.7 Å². The molecule has 0 bridgehead atoms. The van der Waals surface area contributed by atoms with Crippen LogP contribution in [0.2, 0.25) is 0 Å². The van der Waals surface area contributed by atoms with Crippen LogP contribution in [0.1, 0.15) is 40.5 Å². The molecule has 2 saturated heterocycles. The SMILES string of the molecule is CC1CN(c2ccccc2)C(=O)[C@]12CCCN2C(=O)OC(C)(C)C. The first-order chi connectivity index (χ1) is 11.3. The van der Waals surface area contributed by atoms with Crippen LogP contribution in [0, 0.1) is 5.92 Å². The summed E-state index contributed by atoms with van der Waals surface area (Å²) in [6, 6.07) is 9.68. The second-order valence-electron chi connectivity index (χ2n) is 7.81. The maximum atomic E-state index is 13.3. The average Bonchev–Trinajstić information content (AvgIpc) is 3.06. The van der Waals surface area contributed by atoms with Crippen LogP contribution < -0.4 is 4.90 Å². The van der Waals surface area contributed by atoms with Crippen molar-refractivity contribution in [1.82, 2.24) is 4.90 Å². The van der Waals surface area contributed by atoms with Crippen LogP contribution >= 0.6 is 0 Å². The van der Waals surface area contributed by atoms with Gasteiger partial charge in [-0.25, -0.2) is 4.79 Å². The molecule has 2 aliphatic heterocycles. The lowest BCUT2D eigenvalue weighted by Crippen LogP contribution is -2.56. The highest BCUT2D eigenvalue weighted by molar-refractivity contribution is 6.05. The lowest BCUT2D eigenvalue weighted by molar-refractivity contribution is -0.127. The Bertz CT molecular complexity index is 638. The maximum absolute atomic E-state index is 13.3. The monoisotopic (exact) mass is 330 g/mol. The van der Waals surface area contributed by atoms with Crippen LogP contribution in [0.4, 0.5) is 10.5 Å². The zero-order valence-electron chi connectivity index (χ0n) is 14.9. The van der Waals surface area contributed by atoms with Gasteiger partial charge in [0.2, 0.25) is 0 Å². The molecule has 1 unspecified atom stereocenters. The zero-order chi connectivity index (χ0) is 17.5. The number of anilines is 1. The molecule has 1 spiro atoms. The lowest BCUT2D eigenvalue weighted by Gasteiger charge is -2.37. The summed E-state index contributed by atoms with van der Waals surface area (Å²) in [5.41, 5.74) is -0.439. The molecule has 130 valence electrons. The number of nitrogens with zero attached hydrogens (tertiary/aromatic N) is 2. The topological polar surface area (TPSA) is 49.9 Å². The molecule has 2 heterocycles. The van der Waals surface area contributed by atoms with Crippen LogP contribution in [-0.4, -0.2) is 41.1 Å². The molecular weight excluding hydrogens is 304 g/mol. The summed E-state index contributed by atoms with van der Waals surface area (Å²) in [5.74, 6) is 0.0878. The Morgan fingerprint density at radius 2 is 1.92 bits per heavy atom. The van der Waals surface area contributed by atoms with E-state index >= 15 is 0 Å². The van der Waals surface area contributed by atoms with Crippen LogP contribution in [-0.2, 0) is 9.53 Å². The van der Waals surface area contributed by atoms with Crippen molar-refractivity contribution in [2.45, 2.75) is 51.7 Å². The van der Waals surface area contributed by atoms with E-state index in [9.17, 15) is 9.59 Å². The summed E-state index contributed by atoms with van der Waals surface area (Å²) < 4.78 is 5.56. The fraction of sp³-hybridized carbons (Fsp3) is 0.579. The van der Waals surface area contributed by atoms with Gasteiger partial charge in [-0.1, -0.05) is 25.1 Å². The number of benzene rings is 1. The Hall–Kier alpha value is -2.04.